The van der Waals surface area contributed by atoms with E-state index in [0.717, 1.165) is 5.56 Å². The molecule has 4 nitrogen and oxygen atoms in total. The van der Waals surface area contributed by atoms with E-state index in [1.807, 2.05) is 30.3 Å². The Morgan fingerprint density at radius 1 is 1.32 bits per heavy atom. The first-order valence-corrected chi connectivity index (χ1v) is 6.74. The number of hydrogen-bond donors (Lipinski definition) is 1. The van der Waals surface area contributed by atoms with Crippen molar-refractivity contribution < 1.29 is 9.84 Å². The smallest absolute Gasteiger partial charge is 0.251 e. The van der Waals surface area contributed by atoms with Gasteiger partial charge in [-0.25, -0.2) is 0 Å². The molecule has 0 fully saturated rings. The molecule has 0 aliphatic carbocycles. The molecular weight excluding hydrogens is 287 g/mol. The van der Waals surface area contributed by atoms with Gasteiger partial charge in [0.25, 0.3) is 5.88 Å². The number of ether oxygens (including phenoxy) is 1. The van der Waals surface area contributed by atoms with Crippen LogP contribution in [0.3, 0.4) is 0 Å². The molecule has 2 rings (SSSR count). The van der Waals surface area contributed by atoms with E-state index in [0.29, 0.717) is 17.4 Å². The number of aromatic nitrogens is 2. The maximum Gasteiger partial charge on any atom is 0.251 e. The minimum atomic E-state index is -0.725. The van der Waals surface area contributed by atoms with Crippen LogP contribution in [0.4, 0.5) is 0 Å². The second kappa shape index (κ2) is 6.80. The lowest BCUT2D eigenvalue weighted by Gasteiger charge is -2.07. The zero-order chi connectivity index (χ0) is 13.7. The SMILES string of the molecule is OC(CCl)COc1nn(Cc2ccccc2)cc1Cl. The highest BCUT2D eigenvalue weighted by Gasteiger charge is 2.11. The molecule has 0 saturated carbocycles. The number of aliphatic hydroxyl groups excluding tert-OH is 1. The van der Waals surface area contributed by atoms with Crippen LogP contribution in [0.5, 0.6) is 5.88 Å². The van der Waals surface area contributed by atoms with Crippen LogP contribution >= 0.6 is 23.2 Å². The van der Waals surface area contributed by atoms with Crippen molar-refractivity contribution in [3.8, 4) is 5.88 Å². The zero-order valence-electron chi connectivity index (χ0n) is 10.2. The fraction of sp³-hybridized carbons (Fsp3) is 0.308. The summed E-state index contributed by atoms with van der Waals surface area (Å²) in [4.78, 5) is 0. The molecule has 2 aromatic rings. The summed E-state index contributed by atoms with van der Waals surface area (Å²) >= 11 is 11.5. The fourth-order valence-electron chi connectivity index (χ4n) is 1.55. The number of rotatable bonds is 6. The number of benzene rings is 1. The molecular formula is C13H14Cl2N2O2. The summed E-state index contributed by atoms with van der Waals surface area (Å²) in [5.41, 5.74) is 1.12. The van der Waals surface area contributed by atoms with Gasteiger partial charge in [-0.05, 0) is 5.56 Å². The van der Waals surface area contributed by atoms with Gasteiger partial charge < -0.3 is 9.84 Å². The highest BCUT2D eigenvalue weighted by atomic mass is 35.5. The summed E-state index contributed by atoms with van der Waals surface area (Å²) in [6.07, 6.45) is 0.966. The molecule has 102 valence electrons. The second-order valence-electron chi connectivity index (χ2n) is 4.08. The lowest BCUT2D eigenvalue weighted by atomic mass is 10.2. The second-order valence-corrected chi connectivity index (χ2v) is 4.80. The minimum absolute atomic E-state index is 0.0750. The molecule has 0 saturated heterocycles. The van der Waals surface area contributed by atoms with Crippen LogP contribution in [0, 0.1) is 0 Å². The van der Waals surface area contributed by atoms with Crippen LogP contribution in [0.2, 0.25) is 5.02 Å². The third kappa shape index (κ3) is 4.13. The summed E-state index contributed by atoms with van der Waals surface area (Å²) in [6, 6.07) is 9.91. The van der Waals surface area contributed by atoms with Gasteiger partial charge in [0, 0.05) is 6.20 Å². The predicted octanol–water partition coefficient (Wildman–Crippen LogP) is 2.56. The predicted molar refractivity (Wildman–Crippen MR) is 75.0 cm³/mol. The third-order valence-corrected chi connectivity index (χ3v) is 3.08. The molecule has 1 aromatic carbocycles. The van der Waals surface area contributed by atoms with Crippen molar-refractivity contribution in [2.24, 2.45) is 0 Å². The van der Waals surface area contributed by atoms with Crippen LogP contribution in [0.1, 0.15) is 5.56 Å². The van der Waals surface area contributed by atoms with E-state index in [9.17, 15) is 5.11 Å². The first-order chi connectivity index (χ1) is 9.19. The van der Waals surface area contributed by atoms with E-state index in [1.165, 1.54) is 0 Å². The molecule has 0 aliphatic heterocycles. The Bertz CT molecular complexity index is 517. The molecule has 1 unspecified atom stereocenters. The van der Waals surface area contributed by atoms with E-state index < -0.39 is 6.10 Å². The average Bonchev–Trinajstić information content (AvgIpc) is 2.77. The maximum atomic E-state index is 9.32. The fourth-order valence-corrected chi connectivity index (χ4v) is 1.84. The average molecular weight is 301 g/mol. The molecule has 1 N–H and O–H groups in total. The van der Waals surface area contributed by atoms with Gasteiger partial charge in [-0.15, -0.1) is 16.7 Å². The molecule has 1 atom stereocenters. The van der Waals surface area contributed by atoms with Crippen LogP contribution in [0.25, 0.3) is 0 Å². The maximum absolute atomic E-state index is 9.32. The highest BCUT2D eigenvalue weighted by Crippen LogP contribution is 2.22. The van der Waals surface area contributed by atoms with Crippen LogP contribution in [-0.2, 0) is 6.54 Å². The molecule has 19 heavy (non-hydrogen) atoms. The normalized spacial score (nSPS) is 12.4. The molecule has 0 aliphatic rings. The Morgan fingerprint density at radius 3 is 2.74 bits per heavy atom. The number of aliphatic hydroxyl groups is 1. The molecule has 0 bridgehead atoms. The number of nitrogens with zero attached hydrogens (tertiary/aromatic N) is 2. The highest BCUT2D eigenvalue weighted by molar-refractivity contribution is 6.31. The van der Waals surface area contributed by atoms with Gasteiger partial charge in [0.15, 0.2) is 0 Å². The molecule has 0 radical (unpaired) electrons. The number of halogens is 2. The van der Waals surface area contributed by atoms with Crippen molar-refractivity contribution in [1.82, 2.24) is 9.78 Å². The van der Waals surface area contributed by atoms with E-state index in [-0.39, 0.29) is 12.5 Å². The van der Waals surface area contributed by atoms with Gasteiger partial charge in [0.05, 0.1) is 12.4 Å². The summed E-state index contributed by atoms with van der Waals surface area (Å²) in [6.45, 7) is 0.688. The summed E-state index contributed by atoms with van der Waals surface area (Å²) in [5.74, 6) is 0.421. The summed E-state index contributed by atoms with van der Waals surface area (Å²) < 4.78 is 7.00. The van der Waals surface area contributed by atoms with Crippen molar-refractivity contribution in [2.45, 2.75) is 12.6 Å². The molecule has 1 aromatic heterocycles. The topological polar surface area (TPSA) is 47.3 Å². The zero-order valence-corrected chi connectivity index (χ0v) is 11.7. The lowest BCUT2D eigenvalue weighted by molar-refractivity contribution is 0.122. The summed E-state index contributed by atoms with van der Waals surface area (Å²) in [7, 11) is 0. The van der Waals surface area contributed by atoms with Gasteiger partial charge in [-0.1, -0.05) is 41.9 Å². The van der Waals surface area contributed by atoms with Crippen LogP contribution in [0.15, 0.2) is 36.5 Å². The Labute approximate surface area is 121 Å². The van der Waals surface area contributed by atoms with Gasteiger partial charge in [0.1, 0.15) is 17.7 Å². The Morgan fingerprint density at radius 2 is 2.05 bits per heavy atom. The monoisotopic (exact) mass is 300 g/mol. The Hall–Kier alpha value is -1.23. The Kier molecular flexibility index (Phi) is 5.07. The molecule has 1 heterocycles. The van der Waals surface area contributed by atoms with Crippen molar-refractivity contribution >= 4 is 23.2 Å². The van der Waals surface area contributed by atoms with Gasteiger partial charge >= 0.3 is 0 Å². The van der Waals surface area contributed by atoms with Crippen LogP contribution < -0.4 is 4.74 Å². The van der Waals surface area contributed by atoms with Crippen molar-refractivity contribution in [2.75, 3.05) is 12.5 Å². The van der Waals surface area contributed by atoms with Crippen LogP contribution in [-0.4, -0.2) is 33.5 Å². The van der Waals surface area contributed by atoms with E-state index in [4.69, 9.17) is 27.9 Å². The van der Waals surface area contributed by atoms with Gasteiger partial charge in [-0.2, -0.15) is 0 Å². The van der Waals surface area contributed by atoms with E-state index in [1.54, 1.807) is 10.9 Å². The van der Waals surface area contributed by atoms with E-state index in [2.05, 4.69) is 5.10 Å². The number of hydrogen-bond acceptors (Lipinski definition) is 3. The lowest BCUT2D eigenvalue weighted by Crippen LogP contribution is -2.19. The standard InChI is InChI=1S/C13H14Cl2N2O2/c14-6-11(18)9-19-13-12(15)8-17(16-13)7-10-4-2-1-3-5-10/h1-5,8,11,18H,6-7,9H2. The van der Waals surface area contributed by atoms with Crippen molar-refractivity contribution in [3.05, 3.63) is 47.1 Å². The van der Waals surface area contributed by atoms with Crippen molar-refractivity contribution in [3.63, 3.8) is 0 Å². The minimum Gasteiger partial charge on any atom is -0.473 e. The third-order valence-electron chi connectivity index (χ3n) is 2.46. The quantitative estimate of drug-likeness (QED) is 0.834. The van der Waals surface area contributed by atoms with Gasteiger partial charge in [0.2, 0.25) is 0 Å². The Balaban J connectivity index is 2.00. The first-order valence-electron chi connectivity index (χ1n) is 5.82. The largest absolute Gasteiger partial charge is 0.473 e. The summed E-state index contributed by atoms with van der Waals surface area (Å²) in [5, 5.41) is 14.0. The molecule has 6 heteroatoms. The number of alkyl halides is 1. The molecule has 0 spiro atoms. The van der Waals surface area contributed by atoms with E-state index >= 15 is 0 Å². The van der Waals surface area contributed by atoms with Crippen molar-refractivity contribution in [1.29, 1.82) is 0 Å². The first kappa shape index (κ1) is 14.2. The van der Waals surface area contributed by atoms with Gasteiger partial charge in [-0.3, -0.25) is 4.68 Å². The molecule has 0 amide bonds.